The molecule has 0 aliphatic carbocycles. The first-order valence-electron chi connectivity index (χ1n) is 5.01. The third kappa shape index (κ3) is 4.06. The fourth-order valence-corrected chi connectivity index (χ4v) is 1.69. The second-order valence-corrected chi connectivity index (χ2v) is 5.81. The molecule has 0 unspecified atom stereocenters. The Morgan fingerprint density at radius 1 is 1.59 bits per heavy atom. The Labute approximate surface area is 99.5 Å². The highest BCUT2D eigenvalue weighted by Gasteiger charge is 2.16. The number of nitrogens with zero attached hydrogens (tertiary/aromatic N) is 2. The first-order chi connectivity index (χ1) is 7.83. The molecule has 0 aromatic carbocycles. The molecular formula is C9H15N3O4S. The summed E-state index contributed by atoms with van der Waals surface area (Å²) in [5.41, 5.74) is 5.77. The smallest absolute Gasteiger partial charge is 0.361 e. The number of esters is 1. The van der Waals surface area contributed by atoms with Crippen LogP contribution in [0.25, 0.3) is 0 Å². The molecule has 0 aliphatic rings. The first-order valence-corrected chi connectivity index (χ1v) is 7.07. The Bertz CT molecular complexity index is 506. The van der Waals surface area contributed by atoms with Gasteiger partial charge in [0.1, 0.15) is 9.84 Å². The third-order valence-electron chi connectivity index (χ3n) is 1.95. The zero-order valence-electron chi connectivity index (χ0n) is 9.71. The molecule has 8 heteroatoms. The van der Waals surface area contributed by atoms with Crippen molar-refractivity contribution in [2.45, 2.75) is 13.5 Å². The van der Waals surface area contributed by atoms with Gasteiger partial charge >= 0.3 is 5.97 Å². The Balaban J connectivity index is 2.78. The molecule has 0 amide bonds. The van der Waals surface area contributed by atoms with Crippen LogP contribution in [0, 0.1) is 0 Å². The van der Waals surface area contributed by atoms with Crippen molar-refractivity contribution in [2.24, 2.45) is 0 Å². The highest BCUT2D eigenvalue weighted by Crippen LogP contribution is 2.10. The monoisotopic (exact) mass is 261 g/mol. The average Bonchev–Trinajstić information content (AvgIpc) is 2.56. The number of rotatable bonds is 5. The van der Waals surface area contributed by atoms with E-state index in [1.165, 1.54) is 10.9 Å². The van der Waals surface area contributed by atoms with Crippen molar-refractivity contribution >= 4 is 21.5 Å². The van der Waals surface area contributed by atoms with E-state index in [9.17, 15) is 13.2 Å². The second kappa shape index (κ2) is 5.17. The number of aryl methyl sites for hydroxylation is 1. The predicted octanol–water partition coefficient (Wildman–Crippen LogP) is -0.313. The van der Waals surface area contributed by atoms with Gasteiger partial charge in [0.05, 0.1) is 24.6 Å². The summed E-state index contributed by atoms with van der Waals surface area (Å²) < 4.78 is 28.0. The topological polar surface area (TPSA) is 104 Å². The number of carbonyl (C=O) groups excluding carboxylic acids is 1. The van der Waals surface area contributed by atoms with Crippen LogP contribution in [0.5, 0.6) is 0 Å². The molecule has 7 nitrogen and oxygen atoms in total. The minimum absolute atomic E-state index is 0.0142. The lowest BCUT2D eigenvalue weighted by atomic mass is 10.4. The minimum atomic E-state index is -3.07. The van der Waals surface area contributed by atoms with Crippen LogP contribution in [-0.2, 0) is 21.1 Å². The number of hydrogen-bond acceptors (Lipinski definition) is 6. The lowest BCUT2D eigenvalue weighted by molar-refractivity contribution is 0.0519. The summed E-state index contributed by atoms with van der Waals surface area (Å²) >= 11 is 0. The highest BCUT2D eigenvalue weighted by atomic mass is 32.2. The van der Waals surface area contributed by atoms with Gasteiger partial charge in [0.15, 0.2) is 5.69 Å². The van der Waals surface area contributed by atoms with Crippen LogP contribution in [0.4, 0.5) is 5.69 Å². The van der Waals surface area contributed by atoms with Crippen molar-refractivity contribution in [3.63, 3.8) is 0 Å². The molecule has 0 spiro atoms. The SMILES string of the molecule is CCOC(=O)c1nn(CCS(C)(=O)=O)cc1N. The molecule has 0 aliphatic heterocycles. The quantitative estimate of drug-likeness (QED) is 0.729. The summed E-state index contributed by atoms with van der Waals surface area (Å²) in [6.07, 6.45) is 2.55. The Hall–Kier alpha value is -1.57. The Kier molecular flexibility index (Phi) is 4.11. The first kappa shape index (κ1) is 13.5. The fraction of sp³-hybridized carbons (Fsp3) is 0.556. The van der Waals surface area contributed by atoms with Gasteiger partial charge in [0, 0.05) is 12.5 Å². The minimum Gasteiger partial charge on any atom is -0.461 e. The number of aromatic nitrogens is 2. The van der Waals surface area contributed by atoms with Crippen molar-refractivity contribution < 1.29 is 17.9 Å². The van der Waals surface area contributed by atoms with E-state index in [1.54, 1.807) is 6.92 Å². The van der Waals surface area contributed by atoms with Crippen molar-refractivity contribution in [1.82, 2.24) is 9.78 Å². The van der Waals surface area contributed by atoms with Crippen LogP contribution >= 0.6 is 0 Å². The van der Waals surface area contributed by atoms with Crippen LogP contribution in [0.15, 0.2) is 6.20 Å². The summed E-state index contributed by atoms with van der Waals surface area (Å²) in [7, 11) is -3.07. The normalized spacial score (nSPS) is 11.4. The number of carbonyl (C=O) groups is 1. The summed E-state index contributed by atoms with van der Waals surface area (Å²) in [6.45, 7) is 2.06. The molecule has 0 fully saturated rings. The lowest BCUT2D eigenvalue weighted by Crippen LogP contribution is -2.13. The van der Waals surface area contributed by atoms with Gasteiger partial charge in [0.25, 0.3) is 0 Å². The van der Waals surface area contributed by atoms with Gasteiger partial charge in [-0.05, 0) is 6.92 Å². The van der Waals surface area contributed by atoms with E-state index < -0.39 is 15.8 Å². The zero-order valence-corrected chi connectivity index (χ0v) is 10.5. The van der Waals surface area contributed by atoms with E-state index in [2.05, 4.69) is 5.10 Å². The molecule has 1 aromatic rings. The lowest BCUT2D eigenvalue weighted by Gasteiger charge is -1.99. The molecule has 1 aromatic heterocycles. The van der Waals surface area contributed by atoms with Gasteiger partial charge in [-0.15, -0.1) is 0 Å². The largest absolute Gasteiger partial charge is 0.461 e. The van der Waals surface area contributed by atoms with Crippen LogP contribution in [0.3, 0.4) is 0 Å². The molecule has 0 radical (unpaired) electrons. The third-order valence-corrected chi connectivity index (χ3v) is 2.87. The van der Waals surface area contributed by atoms with Crippen molar-refractivity contribution in [3.8, 4) is 0 Å². The average molecular weight is 261 g/mol. The number of hydrogen-bond donors (Lipinski definition) is 1. The van der Waals surface area contributed by atoms with Crippen LogP contribution < -0.4 is 5.73 Å². The van der Waals surface area contributed by atoms with E-state index in [0.29, 0.717) is 0 Å². The molecule has 0 bridgehead atoms. The summed E-state index contributed by atoms with van der Waals surface area (Å²) in [5, 5.41) is 3.88. The maximum absolute atomic E-state index is 11.4. The maximum Gasteiger partial charge on any atom is 0.361 e. The van der Waals surface area contributed by atoms with Crippen molar-refractivity contribution in [1.29, 1.82) is 0 Å². The molecule has 17 heavy (non-hydrogen) atoms. The summed E-state index contributed by atoms with van der Waals surface area (Å²) in [4.78, 5) is 11.4. The Morgan fingerprint density at radius 2 is 2.24 bits per heavy atom. The van der Waals surface area contributed by atoms with Gasteiger partial charge in [-0.25, -0.2) is 13.2 Å². The number of anilines is 1. The zero-order chi connectivity index (χ0) is 13.1. The molecule has 96 valence electrons. The van der Waals surface area contributed by atoms with Gasteiger partial charge < -0.3 is 10.5 Å². The Morgan fingerprint density at radius 3 is 2.76 bits per heavy atom. The number of sulfone groups is 1. The predicted molar refractivity (Wildman–Crippen MR) is 62.3 cm³/mol. The van der Waals surface area contributed by atoms with Crippen LogP contribution in [0.1, 0.15) is 17.4 Å². The van der Waals surface area contributed by atoms with Gasteiger partial charge in [0.2, 0.25) is 0 Å². The molecular weight excluding hydrogens is 246 g/mol. The molecule has 0 saturated carbocycles. The van der Waals surface area contributed by atoms with E-state index in [-0.39, 0.29) is 30.3 Å². The summed E-state index contributed by atoms with van der Waals surface area (Å²) in [6, 6.07) is 0. The van der Waals surface area contributed by atoms with Gasteiger partial charge in [-0.3, -0.25) is 4.68 Å². The molecule has 2 N–H and O–H groups in total. The summed E-state index contributed by atoms with van der Waals surface area (Å²) in [5.74, 6) is -0.667. The number of nitrogens with two attached hydrogens (primary N) is 1. The van der Waals surface area contributed by atoms with Crippen molar-refractivity contribution in [3.05, 3.63) is 11.9 Å². The molecule has 0 atom stereocenters. The van der Waals surface area contributed by atoms with Gasteiger partial charge in [-0.2, -0.15) is 5.10 Å². The maximum atomic E-state index is 11.4. The molecule has 1 heterocycles. The van der Waals surface area contributed by atoms with Crippen molar-refractivity contribution in [2.75, 3.05) is 24.3 Å². The number of ether oxygens (including phenoxy) is 1. The number of nitrogen functional groups attached to an aromatic ring is 1. The standard InChI is InChI=1S/C9H15N3O4S/c1-3-16-9(13)8-7(10)6-12(11-8)4-5-17(2,14)15/h6H,3-5,10H2,1-2H3. The van der Waals surface area contributed by atoms with E-state index in [0.717, 1.165) is 6.26 Å². The van der Waals surface area contributed by atoms with Crippen LogP contribution in [-0.4, -0.2) is 42.8 Å². The molecule has 0 saturated heterocycles. The molecule has 1 rings (SSSR count). The second-order valence-electron chi connectivity index (χ2n) is 3.55. The fourth-order valence-electron chi connectivity index (χ4n) is 1.17. The highest BCUT2D eigenvalue weighted by molar-refractivity contribution is 7.90. The van der Waals surface area contributed by atoms with Crippen LogP contribution in [0.2, 0.25) is 0 Å². The van der Waals surface area contributed by atoms with E-state index >= 15 is 0 Å². The van der Waals surface area contributed by atoms with E-state index in [4.69, 9.17) is 10.5 Å². The van der Waals surface area contributed by atoms with E-state index in [1.807, 2.05) is 0 Å². The van der Waals surface area contributed by atoms with Gasteiger partial charge in [-0.1, -0.05) is 0 Å².